The van der Waals surface area contributed by atoms with Crippen LogP contribution in [0, 0.1) is 11.8 Å². The van der Waals surface area contributed by atoms with Crippen molar-refractivity contribution in [2.45, 2.75) is 20.8 Å². The summed E-state index contributed by atoms with van der Waals surface area (Å²) in [5.41, 5.74) is 0. The number of carbonyl (C=O) groups excluding carboxylic acids is 1. The van der Waals surface area contributed by atoms with Crippen molar-refractivity contribution in [3.8, 4) is 5.88 Å². The Morgan fingerprint density at radius 3 is 2.59 bits per heavy atom. The van der Waals surface area contributed by atoms with Crippen molar-refractivity contribution in [1.82, 2.24) is 9.97 Å². The lowest BCUT2D eigenvalue weighted by molar-refractivity contribution is -0.120. The Bertz CT molecular complexity index is 410. The highest BCUT2D eigenvalue weighted by atomic mass is 35.5. The van der Waals surface area contributed by atoms with Crippen LogP contribution in [0.15, 0.2) is 6.07 Å². The van der Waals surface area contributed by atoms with Crippen LogP contribution in [0.2, 0.25) is 5.15 Å². The Balaban J connectivity index is 2.81. The van der Waals surface area contributed by atoms with Gasteiger partial charge in [0.1, 0.15) is 5.15 Å². The van der Waals surface area contributed by atoms with Gasteiger partial charge in [-0.15, -0.1) is 0 Å². The normalized spacial score (nSPS) is 12.4. The molecule has 1 heterocycles. The van der Waals surface area contributed by atoms with E-state index < -0.39 is 0 Å². The maximum Gasteiger partial charge on any atom is 0.234 e. The fourth-order valence-corrected chi connectivity index (χ4v) is 1.26. The summed E-state index contributed by atoms with van der Waals surface area (Å²) in [6.07, 6.45) is 0. The van der Waals surface area contributed by atoms with Crippen molar-refractivity contribution >= 4 is 23.5 Å². The predicted octanol–water partition coefficient (Wildman–Crippen LogP) is 2.37. The van der Waals surface area contributed by atoms with Crippen LogP contribution in [-0.4, -0.2) is 23.0 Å². The van der Waals surface area contributed by atoms with Gasteiger partial charge in [-0.25, -0.2) is 4.98 Å². The highest BCUT2D eigenvalue weighted by Gasteiger charge is 2.18. The number of amides is 1. The van der Waals surface area contributed by atoms with E-state index in [0.717, 1.165) is 0 Å². The standard InChI is InChI=1S/C11H16ClN3O2/c1-6(2)7(3)10(16)15-11-13-8(12)5-9(14-11)17-4/h5-7H,1-4H3,(H,13,14,15,16). The van der Waals surface area contributed by atoms with Gasteiger partial charge in [-0.05, 0) is 5.92 Å². The molecule has 1 N–H and O–H groups in total. The Kier molecular flexibility index (Phi) is 4.69. The molecule has 0 saturated heterocycles. The summed E-state index contributed by atoms with van der Waals surface area (Å²) >= 11 is 5.77. The number of nitrogens with one attached hydrogen (secondary N) is 1. The second-order valence-electron chi connectivity index (χ2n) is 4.08. The molecular formula is C11H16ClN3O2. The lowest BCUT2D eigenvalue weighted by atomic mass is 9.97. The summed E-state index contributed by atoms with van der Waals surface area (Å²) in [6.45, 7) is 5.80. The van der Waals surface area contributed by atoms with Crippen LogP contribution in [0.4, 0.5) is 5.95 Å². The first-order valence-electron chi connectivity index (χ1n) is 5.33. The summed E-state index contributed by atoms with van der Waals surface area (Å²) in [6, 6.07) is 1.48. The van der Waals surface area contributed by atoms with Gasteiger partial charge in [-0.2, -0.15) is 4.98 Å². The number of aromatic nitrogens is 2. The molecule has 94 valence electrons. The molecule has 0 aliphatic heterocycles. The van der Waals surface area contributed by atoms with Gasteiger partial charge < -0.3 is 4.74 Å². The quantitative estimate of drug-likeness (QED) is 0.841. The molecule has 1 atom stereocenters. The molecule has 1 amide bonds. The summed E-state index contributed by atoms with van der Waals surface area (Å²) in [7, 11) is 1.47. The third-order valence-corrected chi connectivity index (χ3v) is 2.72. The number of carbonyl (C=O) groups is 1. The van der Waals surface area contributed by atoms with Gasteiger partial charge in [-0.3, -0.25) is 10.1 Å². The number of halogens is 1. The predicted molar refractivity (Wildman–Crippen MR) is 66.2 cm³/mol. The van der Waals surface area contributed by atoms with Gasteiger partial charge in [0, 0.05) is 12.0 Å². The van der Waals surface area contributed by atoms with Crippen LogP contribution in [0.25, 0.3) is 0 Å². The Labute approximate surface area is 106 Å². The molecular weight excluding hydrogens is 242 g/mol. The molecule has 0 spiro atoms. The van der Waals surface area contributed by atoms with E-state index in [1.165, 1.54) is 13.2 Å². The molecule has 5 nitrogen and oxygen atoms in total. The second kappa shape index (κ2) is 5.82. The average Bonchev–Trinajstić information content (AvgIpc) is 2.26. The van der Waals surface area contributed by atoms with Crippen molar-refractivity contribution < 1.29 is 9.53 Å². The Hall–Kier alpha value is -1.36. The fourth-order valence-electron chi connectivity index (χ4n) is 1.08. The first kappa shape index (κ1) is 13.7. The number of methoxy groups -OCH3 is 1. The van der Waals surface area contributed by atoms with Gasteiger partial charge in [0.25, 0.3) is 0 Å². The van der Waals surface area contributed by atoms with Crippen LogP contribution in [-0.2, 0) is 4.79 Å². The fraction of sp³-hybridized carbons (Fsp3) is 0.545. The SMILES string of the molecule is COc1cc(Cl)nc(NC(=O)C(C)C(C)C)n1. The highest BCUT2D eigenvalue weighted by molar-refractivity contribution is 6.29. The van der Waals surface area contributed by atoms with Crippen molar-refractivity contribution in [3.63, 3.8) is 0 Å². The largest absolute Gasteiger partial charge is 0.481 e. The van der Waals surface area contributed by atoms with Crippen LogP contribution >= 0.6 is 11.6 Å². The van der Waals surface area contributed by atoms with Crippen molar-refractivity contribution in [3.05, 3.63) is 11.2 Å². The van der Waals surface area contributed by atoms with E-state index in [2.05, 4.69) is 15.3 Å². The summed E-state index contributed by atoms with van der Waals surface area (Å²) in [4.78, 5) is 19.7. The second-order valence-corrected chi connectivity index (χ2v) is 4.47. The molecule has 0 radical (unpaired) electrons. The topological polar surface area (TPSA) is 64.1 Å². The number of hydrogen-bond donors (Lipinski definition) is 1. The molecule has 0 bridgehead atoms. The average molecular weight is 258 g/mol. The third-order valence-electron chi connectivity index (χ3n) is 2.53. The highest BCUT2D eigenvalue weighted by Crippen LogP contribution is 2.17. The van der Waals surface area contributed by atoms with E-state index in [1.807, 2.05) is 20.8 Å². The van der Waals surface area contributed by atoms with E-state index in [9.17, 15) is 4.79 Å². The molecule has 0 aliphatic rings. The van der Waals surface area contributed by atoms with Gasteiger partial charge in [0.05, 0.1) is 7.11 Å². The molecule has 0 fully saturated rings. The van der Waals surface area contributed by atoms with Crippen molar-refractivity contribution in [1.29, 1.82) is 0 Å². The van der Waals surface area contributed by atoms with Crippen LogP contribution < -0.4 is 10.1 Å². The minimum absolute atomic E-state index is 0.122. The lowest BCUT2D eigenvalue weighted by Crippen LogP contribution is -2.25. The molecule has 1 aromatic heterocycles. The molecule has 1 rings (SSSR count). The molecule has 1 aromatic rings. The number of anilines is 1. The smallest absolute Gasteiger partial charge is 0.234 e. The van der Waals surface area contributed by atoms with Gasteiger partial charge in [0.15, 0.2) is 0 Å². The van der Waals surface area contributed by atoms with Gasteiger partial charge >= 0.3 is 0 Å². The molecule has 6 heteroatoms. The van der Waals surface area contributed by atoms with Gasteiger partial charge in [0.2, 0.25) is 17.7 Å². The van der Waals surface area contributed by atoms with E-state index in [1.54, 1.807) is 0 Å². The monoisotopic (exact) mass is 257 g/mol. The number of nitrogens with zero attached hydrogens (tertiary/aromatic N) is 2. The molecule has 1 unspecified atom stereocenters. The molecule has 0 aliphatic carbocycles. The minimum atomic E-state index is -0.135. The minimum Gasteiger partial charge on any atom is -0.481 e. The summed E-state index contributed by atoms with van der Waals surface area (Å²) in [5.74, 6) is 0.466. The number of rotatable bonds is 4. The van der Waals surface area contributed by atoms with Crippen LogP contribution in [0.3, 0.4) is 0 Å². The zero-order valence-electron chi connectivity index (χ0n) is 10.3. The molecule has 17 heavy (non-hydrogen) atoms. The molecule has 0 saturated carbocycles. The maximum atomic E-state index is 11.8. The molecule has 0 aromatic carbocycles. The maximum absolute atomic E-state index is 11.8. The van der Waals surface area contributed by atoms with Gasteiger partial charge in [-0.1, -0.05) is 32.4 Å². The zero-order valence-corrected chi connectivity index (χ0v) is 11.1. The Morgan fingerprint density at radius 2 is 2.06 bits per heavy atom. The third kappa shape index (κ3) is 3.85. The van der Waals surface area contributed by atoms with Crippen molar-refractivity contribution in [2.75, 3.05) is 12.4 Å². The summed E-state index contributed by atoms with van der Waals surface area (Å²) in [5, 5.41) is 2.84. The Morgan fingerprint density at radius 1 is 1.41 bits per heavy atom. The number of hydrogen-bond acceptors (Lipinski definition) is 4. The van der Waals surface area contributed by atoms with Crippen LogP contribution in [0.1, 0.15) is 20.8 Å². The van der Waals surface area contributed by atoms with E-state index in [4.69, 9.17) is 16.3 Å². The first-order valence-corrected chi connectivity index (χ1v) is 5.71. The van der Waals surface area contributed by atoms with Crippen molar-refractivity contribution in [2.24, 2.45) is 11.8 Å². The summed E-state index contributed by atoms with van der Waals surface area (Å²) < 4.78 is 4.94. The number of ether oxygens (including phenoxy) is 1. The van der Waals surface area contributed by atoms with E-state index in [0.29, 0.717) is 5.88 Å². The zero-order chi connectivity index (χ0) is 13.0. The van der Waals surface area contributed by atoms with E-state index in [-0.39, 0.29) is 28.8 Å². The van der Waals surface area contributed by atoms with Crippen LogP contribution in [0.5, 0.6) is 5.88 Å². The lowest BCUT2D eigenvalue weighted by Gasteiger charge is -2.14. The first-order chi connectivity index (χ1) is 7.93. The van der Waals surface area contributed by atoms with E-state index >= 15 is 0 Å².